The standard InChI is InChI=1S/C39H48N6O4.C2H6.CH4/c1-26-21-31(12-13-32(26)23-40-38(48)49-39(2,3)4)36-34-22-27(24-45(34)42-25-41-36)7-5-6-18-44-19-16-29(17-20-44)28-8-10-30(11-9-28)33-14-15-35(46)43-37(33)47;1-2;/h8-13,21-22,24-25,29,33H,5-7,14-20,23H2,1-4H3,(H,40,48)(H,43,46,47);1-2H3;1H4. The number of hydrogen-bond acceptors (Lipinski definition) is 7. The Kier molecular flexibility index (Phi) is 14.1. The van der Waals surface area contributed by atoms with Crippen molar-refractivity contribution in [3.05, 3.63) is 88.9 Å². The summed E-state index contributed by atoms with van der Waals surface area (Å²) in [5.74, 6) is -0.0246. The molecule has 0 bridgehead atoms. The highest BCUT2D eigenvalue weighted by Crippen LogP contribution is 2.31. The van der Waals surface area contributed by atoms with Crippen LogP contribution in [0.5, 0.6) is 0 Å². The topological polar surface area (TPSA) is 118 Å². The van der Waals surface area contributed by atoms with Crippen LogP contribution in [0.3, 0.4) is 0 Å². The number of likely N-dealkylation sites (tertiary alicyclic amines) is 1. The Bertz CT molecular complexity index is 1800. The van der Waals surface area contributed by atoms with Gasteiger partial charge in [0.25, 0.3) is 0 Å². The van der Waals surface area contributed by atoms with Crippen molar-refractivity contribution in [2.75, 3.05) is 19.6 Å². The summed E-state index contributed by atoms with van der Waals surface area (Å²) in [4.78, 5) is 43.1. The van der Waals surface area contributed by atoms with Crippen LogP contribution < -0.4 is 10.6 Å². The van der Waals surface area contributed by atoms with Gasteiger partial charge in [-0.3, -0.25) is 14.9 Å². The molecular formula is C42H58N6O4. The predicted molar refractivity (Wildman–Crippen MR) is 207 cm³/mol. The SMILES string of the molecule is C.CC.Cc1cc(-c2ncnn3cc(CCCCN4CCC(c5ccc(C6CCC(=O)NC6=O)cc5)CC4)cc23)ccc1CNC(=O)OC(C)(C)C. The van der Waals surface area contributed by atoms with E-state index in [0.29, 0.717) is 25.3 Å². The lowest BCUT2D eigenvalue weighted by molar-refractivity contribution is -0.134. The molecule has 52 heavy (non-hydrogen) atoms. The summed E-state index contributed by atoms with van der Waals surface area (Å²) in [5.41, 5.74) is 8.08. The fourth-order valence-electron chi connectivity index (χ4n) is 7.03. The number of amides is 3. The Balaban J connectivity index is 0.00000198. The maximum Gasteiger partial charge on any atom is 0.407 e. The third-order valence-corrected chi connectivity index (χ3v) is 9.73. The summed E-state index contributed by atoms with van der Waals surface area (Å²) in [6.07, 6.45) is 9.83. The molecule has 4 aromatic rings. The van der Waals surface area contributed by atoms with Crippen molar-refractivity contribution >= 4 is 23.4 Å². The zero-order valence-electron chi connectivity index (χ0n) is 31.1. The first-order valence-electron chi connectivity index (χ1n) is 18.6. The Labute approximate surface area is 309 Å². The monoisotopic (exact) mass is 710 g/mol. The Morgan fingerprint density at radius 3 is 2.37 bits per heavy atom. The van der Waals surface area contributed by atoms with Crippen LogP contribution in [0, 0.1) is 6.92 Å². The van der Waals surface area contributed by atoms with Crippen molar-refractivity contribution in [3.8, 4) is 11.3 Å². The molecule has 1 atom stereocenters. The fraction of sp³-hybridized carbons (Fsp3) is 0.500. The van der Waals surface area contributed by atoms with Gasteiger partial charge < -0.3 is 15.0 Å². The second kappa shape index (κ2) is 18.3. The largest absolute Gasteiger partial charge is 0.444 e. The number of hydrogen-bond donors (Lipinski definition) is 2. The first kappa shape index (κ1) is 40.2. The lowest BCUT2D eigenvalue weighted by Crippen LogP contribution is -2.39. The van der Waals surface area contributed by atoms with Crippen molar-refractivity contribution < 1.29 is 19.1 Å². The van der Waals surface area contributed by atoms with Crippen LogP contribution in [-0.2, 0) is 27.3 Å². The number of ether oxygens (including phenoxy) is 1. The van der Waals surface area contributed by atoms with Crippen molar-refractivity contribution in [1.82, 2.24) is 30.1 Å². The number of piperidine rings is 2. The molecule has 2 aromatic carbocycles. The molecule has 1 unspecified atom stereocenters. The van der Waals surface area contributed by atoms with Crippen LogP contribution in [0.2, 0.25) is 0 Å². The molecule has 2 N–H and O–H groups in total. The van der Waals surface area contributed by atoms with Gasteiger partial charge in [0.1, 0.15) is 11.9 Å². The molecule has 2 aliphatic rings. The van der Waals surface area contributed by atoms with Crippen LogP contribution in [-0.4, -0.2) is 62.6 Å². The molecule has 3 amide bonds. The number of nitrogens with one attached hydrogen (secondary N) is 2. The average molecular weight is 711 g/mol. The highest BCUT2D eigenvalue weighted by Gasteiger charge is 2.28. The number of carbonyl (C=O) groups excluding carboxylic acids is 3. The van der Waals surface area contributed by atoms with Gasteiger partial charge in [0.15, 0.2) is 0 Å². The average Bonchev–Trinajstić information content (AvgIpc) is 3.53. The Morgan fingerprint density at radius 2 is 1.69 bits per heavy atom. The molecule has 10 nitrogen and oxygen atoms in total. The van der Waals surface area contributed by atoms with Gasteiger partial charge in [-0.05, 0) is 132 Å². The van der Waals surface area contributed by atoms with Gasteiger partial charge in [0.2, 0.25) is 11.8 Å². The van der Waals surface area contributed by atoms with Gasteiger partial charge in [0, 0.05) is 24.7 Å². The van der Waals surface area contributed by atoms with Crippen LogP contribution in [0.25, 0.3) is 16.8 Å². The van der Waals surface area contributed by atoms with Crippen LogP contribution in [0.4, 0.5) is 4.79 Å². The smallest absolute Gasteiger partial charge is 0.407 e. The van der Waals surface area contributed by atoms with Crippen molar-refractivity contribution in [3.63, 3.8) is 0 Å². The van der Waals surface area contributed by atoms with E-state index in [0.717, 1.165) is 85.2 Å². The first-order chi connectivity index (χ1) is 24.5. The van der Waals surface area contributed by atoms with Gasteiger partial charge in [-0.1, -0.05) is 57.7 Å². The van der Waals surface area contributed by atoms with Crippen LogP contribution in [0.15, 0.2) is 61.1 Å². The number of benzene rings is 2. The lowest BCUT2D eigenvalue weighted by Gasteiger charge is -2.32. The molecule has 0 saturated carbocycles. The molecular weight excluding hydrogens is 653 g/mol. The van der Waals surface area contributed by atoms with Gasteiger partial charge in [-0.25, -0.2) is 14.3 Å². The number of imide groups is 1. The van der Waals surface area contributed by atoms with Crippen molar-refractivity contribution in [2.24, 2.45) is 0 Å². The Hall–Kier alpha value is -4.57. The van der Waals surface area contributed by atoms with Gasteiger partial charge in [0.05, 0.1) is 17.1 Å². The summed E-state index contributed by atoms with van der Waals surface area (Å²) in [7, 11) is 0. The maximum atomic E-state index is 12.2. The quantitative estimate of drug-likeness (QED) is 0.126. The van der Waals surface area contributed by atoms with Gasteiger partial charge in [-0.15, -0.1) is 0 Å². The molecule has 4 heterocycles. The summed E-state index contributed by atoms with van der Waals surface area (Å²) < 4.78 is 7.29. The molecule has 2 saturated heterocycles. The zero-order valence-corrected chi connectivity index (χ0v) is 31.1. The van der Waals surface area contributed by atoms with Gasteiger partial charge >= 0.3 is 6.09 Å². The molecule has 2 fully saturated rings. The number of nitrogens with zero attached hydrogens (tertiary/aromatic N) is 4. The molecule has 10 heteroatoms. The van der Waals surface area contributed by atoms with E-state index in [1.807, 2.05) is 58.2 Å². The number of carbonyl (C=O) groups is 3. The van der Waals surface area contributed by atoms with E-state index in [1.54, 1.807) is 6.33 Å². The summed E-state index contributed by atoms with van der Waals surface area (Å²) >= 11 is 0. The fourth-order valence-corrected chi connectivity index (χ4v) is 7.03. The summed E-state index contributed by atoms with van der Waals surface area (Å²) in [6, 6.07) is 16.9. The van der Waals surface area contributed by atoms with E-state index in [1.165, 1.54) is 11.1 Å². The minimum atomic E-state index is -0.533. The van der Waals surface area contributed by atoms with Gasteiger partial charge in [-0.2, -0.15) is 5.10 Å². The van der Waals surface area contributed by atoms with Crippen molar-refractivity contribution in [1.29, 1.82) is 0 Å². The van der Waals surface area contributed by atoms with E-state index in [4.69, 9.17) is 4.74 Å². The van der Waals surface area contributed by atoms with E-state index in [2.05, 4.69) is 68.2 Å². The molecule has 0 radical (unpaired) electrons. The number of alkyl carbamates (subject to hydrolysis) is 1. The molecule has 0 aliphatic carbocycles. The third-order valence-electron chi connectivity index (χ3n) is 9.73. The summed E-state index contributed by atoms with van der Waals surface area (Å²) in [5, 5.41) is 9.79. The third kappa shape index (κ3) is 10.5. The molecule has 6 rings (SSSR count). The summed E-state index contributed by atoms with van der Waals surface area (Å²) in [6.45, 7) is 15.3. The minimum absolute atomic E-state index is 0. The number of rotatable bonds is 10. The number of fused-ring (bicyclic) bond motifs is 1. The van der Waals surface area contributed by atoms with Crippen molar-refractivity contribution in [2.45, 2.75) is 118 Å². The van der Waals surface area contributed by atoms with Crippen LogP contribution >= 0.6 is 0 Å². The molecule has 0 spiro atoms. The van der Waals surface area contributed by atoms with E-state index < -0.39 is 11.7 Å². The first-order valence-corrected chi connectivity index (χ1v) is 18.6. The normalized spacial score (nSPS) is 16.8. The number of unbranched alkanes of at least 4 members (excludes halogenated alkanes) is 1. The highest BCUT2D eigenvalue weighted by atomic mass is 16.6. The maximum absolute atomic E-state index is 12.2. The zero-order chi connectivity index (χ0) is 36.5. The van der Waals surface area contributed by atoms with E-state index in [9.17, 15) is 14.4 Å². The second-order valence-corrected chi connectivity index (χ2v) is 14.5. The number of aromatic nitrogens is 3. The second-order valence-electron chi connectivity index (χ2n) is 14.5. The minimum Gasteiger partial charge on any atom is -0.444 e. The number of aryl methyl sites for hydroxylation is 2. The van der Waals surface area contributed by atoms with Crippen LogP contribution in [0.1, 0.15) is 120 Å². The molecule has 2 aromatic heterocycles. The highest BCUT2D eigenvalue weighted by molar-refractivity contribution is 6.00. The lowest BCUT2D eigenvalue weighted by atomic mass is 9.86. The molecule has 2 aliphatic heterocycles. The Morgan fingerprint density at radius 1 is 0.981 bits per heavy atom. The van der Waals surface area contributed by atoms with E-state index in [-0.39, 0.29) is 25.2 Å². The van der Waals surface area contributed by atoms with E-state index >= 15 is 0 Å². The molecule has 280 valence electrons. The predicted octanol–water partition coefficient (Wildman–Crippen LogP) is 8.11.